The van der Waals surface area contributed by atoms with Crippen molar-refractivity contribution in [3.05, 3.63) is 16.1 Å². The zero-order chi connectivity index (χ0) is 13.7. The molecule has 0 radical (unpaired) electrons. The predicted octanol–water partition coefficient (Wildman–Crippen LogP) is 2.24. The highest BCUT2D eigenvalue weighted by molar-refractivity contribution is 7.11. The summed E-state index contributed by atoms with van der Waals surface area (Å²) in [4.78, 5) is 18.0. The van der Waals surface area contributed by atoms with Gasteiger partial charge >= 0.3 is 0 Å². The monoisotopic (exact) mass is 281 g/mol. The van der Waals surface area contributed by atoms with E-state index in [9.17, 15) is 4.79 Å². The SMILES string of the molecule is CCCC1(C(=O)NCc2ncc(C)s2)CCNCC1. The zero-order valence-corrected chi connectivity index (χ0v) is 12.6. The van der Waals surface area contributed by atoms with Crippen molar-refractivity contribution in [2.75, 3.05) is 13.1 Å². The molecule has 1 aliphatic rings. The van der Waals surface area contributed by atoms with Crippen molar-refractivity contribution in [2.24, 2.45) is 5.41 Å². The largest absolute Gasteiger partial charge is 0.349 e. The Morgan fingerprint density at radius 2 is 2.26 bits per heavy atom. The Balaban J connectivity index is 1.95. The number of hydrogen-bond acceptors (Lipinski definition) is 4. The van der Waals surface area contributed by atoms with Gasteiger partial charge in [-0.3, -0.25) is 4.79 Å². The standard InChI is InChI=1S/C14H23N3OS/c1-3-4-14(5-7-15-8-6-14)13(18)17-10-12-16-9-11(2)19-12/h9,15H,3-8,10H2,1-2H3,(H,17,18). The summed E-state index contributed by atoms with van der Waals surface area (Å²) in [5, 5.41) is 7.42. The summed E-state index contributed by atoms with van der Waals surface area (Å²) >= 11 is 1.65. The van der Waals surface area contributed by atoms with Crippen molar-refractivity contribution >= 4 is 17.2 Å². The molecule has 2 heterocycles. The molecule has 0 unspecified atom stereocenters. The van der Waals surface area contributed by atoms with E-state index in [-0.39, 0.29) is 11.3 Å². The molecule has 1 amide bonds. The summed E-state index contributed by atoms with van der Waals surface area (Å²) in [6.07, 6.45) is 5.80. The second kappa shape index (κ2) is 6.48. The maximum atomic E-state index is 12.5. The van der Waals surface area contributed by atoms with Gasteiger partial charge in [0.1, 0.15) is 5.01 Å². The van der Waals surface area contributed by atoms with E-state index in [0.717, 1.165) is 43.8 Å². The third-order valence-electron chi connectivity index (χ3n) is 3.84. The number of rotatable bonds is 5. The molecule has 2 N–H and O–H groups in total. The minimum atomic E-state index is -0.160. The van der Waals surface area contributed by atoms with Gasteiger partial charge in [0.2, 0.25) is 5.91 Å². The molecular weight excluding hydrogens is 258 g/mol. The van der Waals surface area contributed by atoms with E-state index in [4.69, 9.17) is 0 Å². The quantitative estimate of drug-likeness (QED) is 0.870. The van der Waals surface area contributed by atoms with Gasteiger partial charge in [-0.1, -0.05) is 13.3 Å². The number of carbonyl (C=O) groups is 1. The number of aryl methyl sites for hydroxylation is 1. The van der Waals surface area contributed by atoms with Crippen LogP contribution in [0.4, 0.5) is 0 Å². The van der Waals surface area contributed by atoms with E-state index in [1.54, 1.807) is 11.3 Å². The number of aromatic nitrogens is 1. The fraction of sp³-hybridized carbons (Fsp3) is 0.714. The van der Waals surface area contributed by atoms with Crippen LogP contribution in [-0.4, -0.2) is 24.0 Å². The van der Waals surface area contributed by atoms with Gasteiger partial charge in [-0.2, -0.15) is 0 Å². The van der Waals surface area contributed by atoms with Gasteiger partial charge < -0.3 is 10.6 Å². The molecule has 0 aliphatic carbocycles. The van der Waals surface area contributed by atoms with Crippen LogP contribution in [0.3, 0.4) is 0 Å². The summed E-state index contributed by atoms with van der Waals surface area (Å²) in [5.74, 6) is 0.212. The molecule has 5 heteroatoms. The minimum Gasteiger partial charge on any atom is -0.349 e. The van der Waals surface area contributed by atoms with E-state index >= 15 is 0 Å². The van der Waals surface area contributed by atoms with Crippen LogP contribution >= 0.6 is 11.3 Å². The fourth-order valence-electron chi connectivity index (χ4n) is 2.80. The molecule has 0 atom stereocenters. The first-order chi connectivity index (χ1) is 9.16. The van der Waals surface area contributed by atoms with Crippen LogP contribution in [0, 0.1) is 12.3 Å². The van der Waals surface area contributed by atoms with Crippen LogP contribution < -0.4 is 10.6 Å². The van der Waals surface area contributed by atoms with Crippen molar-refractivity contribution < 1.29 is 4.79 Å². The molecule has 0 aromatic carbocycles. The minimum absolute atomic E-state index is 0.160. The summed E-state index contributed by atoms with van der Waals surface area (Å²) in [7, 11) is 0. The van der Waals surface area contributed by atoms with E-state index < -0.39 is 0 Å². The molecule has 106 valence electrons. The maximum Gasteiger partial charge on any atom is 0.226 e. The highest BCUT2D eigenvalue weighted by Gasteiger charge is 2.38. The summed E-state index contributed by atoms with van der Waals surface area (Å²) in [6.45, 7) is 6.65. The van der Waals surface area contributed by atoms with Crippen LogP contribution in [-0.2, 0) is 11.3 Å². The third kappa shape index (κ3) is 3.54. The van der Waals surface area contributed by atoms with Crippen LogP contribution in [0.15, 0.2) is 6.20 Å². The fourth-order valence-corrected chi connectivity index (χ4v) is 3.53. The normalized spacial score (nSPS) is 18.2. The van der Waals surface area contributed by atoms with Gasteiger partial charge in [-0.05, 0) is 39.3 Å². The molecule has 2 rings (SSSR count). The molecular formula is C14H23N3OS. The number of carbonyl (C=O) groups excluding carboxylic acids is 1. The first kappa shape index (κ1) is 14.5. The summed E-state index contributed by atoms with van der Waals surface area (Å²) in [6, 6.07) is 0. The molecule has 1 saturated heterocycles. The molecule has 1 aromatic rings. The number of nitrogens with zero attached hydrogens (tertiary/aromatic N) is 1. The summed E-state index contributed by atoms with van der Waals surface area (Å²) < 4.78 is 0. The lowest BCUT2D eigenvalue weighted by Crippen LogP contribution is -2.47. The van der Waals surface area contributed by atoms with Crippen LogP contribution in [0.5, 0.6) is 0 Å². The van der Waals surface area contributed by atoms with E-state index in [1.807, 2.05) is 13.1 Å². The maximum absolute atomic E-state index is 12.5. The molecule has 1 aromatic heterocycles. The molecule has 1 fully saturated rings. The molecule has 4 nitrogen and oxygen atoms in total. The average molecular weight is 281 g/mol. The third-order valence-corrected chi connectivity index (χ3v) is 4.75. The number of amides is 1. The van der Waals surface area contributed by atoms with Gasteiger partial charge in [0.25, 0.3) is 0 Å². The Hall–Kier alpha value is -0.940. The predicted molar refractivity (Wildman–Crippen MR) is 78.1 cm³/mol. The number of hydrogen-bond donors (Lipinski definition) is 2. The molecule has 19 heavy (non-hydrogen) atoms. The van der Waals surface area contributed by atoms with E-state index in [0.29, 0.717) is 6.54 Å². The molecule has 1 aliphatic heterocycles. The molecule has 0 bridgehead atoms. The van der Waals surface area contributed by atoms with Crippen molar-refractivity contribution in [3.63, 3.8) is 0 Å². The van der Waals surface area contributed by atoms with E-state index in [1.165, 1.54) is 4.88 Å². The van der Waals surface area contributed by atoms with E-state index in [2.05, 4.69) is 22.5 Å². The highest BCUT2D eigenvalue weighted by atomic mass is 32.1. The second-order valence-corrected chi connectivity index (χ2v) is 6.65. The summed E-state index contributed by atoms with van der Waals surface area (Å²) in [5.41, 5.74) is -0.160. The number of nitrogens with one attached hydrogen (secondary N) is 2. The number of thiazole rings is 1. The topological polar surface area (TPSA) is 54.0 Å². The zero-order valence-electron chi connectivity index (χ0n) is 11.8. The van der Waals surface area contributed by atoms with Crippen LogP contribution in [0.25, 0.3) is 0 Å². The lowest BCUT2D eigenvalue weighted by molar-refractivity contribution is -0.133. The van der Waals surface area contributed by atoms with Gasteiger partial charge in [0.05, 0.1) is 12.0 Å². The van der Waals surface area contributed by atoms with Gasteiger partial charge in [-0.15, -0.1) is 11.3 Å². The van der Waals surface area contributed by atoms with Gasteiger partial charge in [0, 0.05) is 11.1 Å². The molecule has 0 saturated carbocycles. The van der Waals surface area contributed by atoms with Crippen LogP contribution in [0.1, 0.15) is 42.5 Å². The van der Waals surface area contributed by atoms with Gasteiger partial charge in [0.15, 0.2) is 0 Å². The Kier molecular flexibility index (Phi) is 4.93. The van der Waals surface area contributed by atoms with Gasteiger partial charge in [-0.25, -0.2) is 4.98 Å². The molecule has 0 spiro atoms. The Labute approximate surface area is 119 Å². The van der Waals surface area contributed by atoms with Crippen molar-refractivity contribution in [2.45, 2.75) is 46.1 Å². The highest BCUT2D eigenvalue weighted by Crippen LogP contribution is 2.34. The lowest BCUT2D eigenvalue weighted by atomic mass is 9.74. The van der Waals surface area contributed by atoms with Crippen molar-refractivity contribution in [1.82, 2.24) is 15.6 Å². The average Bonchev–Trinajstić information content (AvgIpc) is 2.83. The number of piperidine rings is 1. The Morgan fingerprint density at radius 1 is 1.53 bits per heavy atom. The van der Waals surface area contributed by atoms with Crippen molar-refractivity contribution in [1.29, 1.82) is 0 Å². The lowest BCUT2D eigenvalue weighted by Gasteiger charge is -2.36. The van der Waals surface area contributed by atoms with Crippen molar-refractivity contribution in [3.8, 4) is 0 Å². The second-order valence-electron chi connectivity index (χ2n) is 5.33. The first-order valence-electron chi connectivity index (χ1n) is 7.06. The Bertz CT molecular complexity index is 419. The Morgan fingerprint density at radius 3 is 2.84 bits per heavy atom. The smallest absolute Gasteiger partial charge is 0.226 e. The van der Waals surface area contributed by atoms with Crippen LogP contribution in [0.2, 0.25) is 0 Å². The first-order valence-corrected chi connectivity index (χ1v) is 7.88.